The lowest BCUT2D eigenvalue weighted by molar-refractivity contribution is 1.29. The minimum Gasteiger partial charge on any atom is -0.381 e. The second-order valence-corrected chi connectivity index (χ2v) is 5.04. The molecule has 3 N–H and O–H groups in total. The lowest BCUT2D eigenvalue weighted by atomic mass is 10.3. The van der Waals surface area contributed by atoms with Gasteiger partial charge in [0.2, 0.25) is 0 Å². The Morgan fingerprint density at radius 2 is 1.65 bits per heavy atom. The zero-order valence-electron chi connectivity index (χ0n) is 10.3. The first-order valence-electron chi connectivity index (χ1n) is 5.88. The molecule has 2 aromatic carbocycles. The fourth-order valence-corrected chi connectivity index (χ4v) is 2.28. The van der Waals surface area contributed by atoms with Gasteiger partial charge in [0, 0.05) is 5.02 Å². The van der Waals surface area contributed by atoms with Crippen LogP contribution in [0.15, 0.2) is 42.5 Å². The topological polar surface area (TPSA) is 63.8 Å². The Labute approximate surface area is 125 Å². The highest BCUT2D eigenvalue weighted by molar-refractivity contribution is 6.36. The molecule has 0 unspecified atom stereocenters. The van der Waals surface area contributed by atoms with Crippen LogP contribution in [0, 0.1) is 0 Å². The number of halogens is 2. The quantitative estimate of drug-likeness (QED) is 0.742. The van der Waals surface area contributed by atoms with E-state index in [-0.39, 0.29) is 0 Å². The Morgan fingerprint density at radius 1 is 0.950 bits per heavy atom. The second kappa shape index (κ2) is 5.15. The third-order valence-electron chi connectivity index (χ3n) is 2.78. The number of fused-ring (bicyclic) bond motifs is 1. The van der Waals surface area contributed by atoms with Crippen LogP contribution in [0.1, 0.15) is 0 Å². The molecule has 20 heavy (non-hydrogen) atoms. The van der Waals surface area contributed by atoms with Gasteiger partial charge in [-0.2, -0.15) is 0 Å². The van der Waals surface area contributed by atoms with Crippen LogP contribution in [0.4, 0.5) is 17.3 Å². The molecule has 3 rings (SSSR count). The molecule has 4 nitrogen and oxygen atoms in total. The Morgan fingerprint density at radius 3 is 2.35 bits per heavy atom. The molecule has 0 aliphatic carbocycles. The van der Waals surface area contributed by atoms with Crippen LogP contribution in [0.2, 0.25) is 10.0 Å². The summed E-state index contributed by atoms with van der Waals surface area (Å²) in [4.78, 5) is 8.75. The number of hydrogen-bond donors (Lipinski definition) is 2. The van der Waals surface area contributed by atoms with E-state index in [1.807, 2.05) is 24.3 Å². The fourth-order valence-electron chi connectivity index (χ4n) is 1.82. The molecular weight excluding hydrogens is 295 g/mol. The molecule has 0 aliphatic heterocycles. The highest BCUT2D eigenvalue weighted by Crippen LogP contribution is 2.29. The van der Waals surface area contributed by atoms with Crippen LogP contribution in [-0.2, 0) is 0 Å². The van der Waals surface area contributed by atoms with Gasteiger partial charge in [0.15, 0.2) is 11.6 Å². The lowest BCUT2D eigenvalue weighted by Gasteiger charge is -2.10. The largest absolute Gasteiger partial charge is 0.381 e. The van der Waals surface area contributed by atoms with Gasteiger partial charge in [0.25, 0.3) is 0 Å². The van der Waals surface area contributed by atoms with Crippen LogP contribution in [0.5, 0.6) is 0 Å². The van der Waals surface area contributed by atoms with E-state index in [1.165, 1.54) is 0 Å². The highest BCUT2D eigenvalue weighted by atomic mass is 35.5. The number of nitrogens with zero attached hydrogens (tertiary/aromatic N) is 2. The van der Waals surface area contributed by atoms with Crippen LogP contribution in [0.25, 0.3) is 11.0 Å². The average molecular weight is 305 g/mol. The number of anilines is 3. The minimum atomic E-state index is 0.315. The summed E-state index contributed by atoms with van der Waals surface area (Å²) in [5, 5.41) is 4.13. The van der Waals surface area contributed by atoms with Gasteiger partial charge in [0.1, 0.15) is 0 Å². The molecule has 0 amide bonds. The van der Waals surface area contributed by atoms with Gasteiger partial charge < -0.3 is 11.1 Å². The predicted octanol–water partition coefficient (Wildman–Crippen LogP) is 4.26. The molecule has 1 heterocycles. The fraction of sp³-hybridized carbons (Fsp3) is 0. The summed E-state index contributed by atoms with van der Waals surface area (Å²) in [6.07, 6.45) is 0. The summed E-state index contributed by atoms with van der Waals surface area (Å²) in [6, 6.07) is 12.7. The van der Waals surface area contributed by atoms with Crippen molar-refractivity contribution in [3.05, 3.63) is 52.5 Å². The second-order valence-electron chi connectivity index (χ2n) is 4.20. The molecule has 6 heteroatoms. The first-order valence-corrected chi connectivity index (χ1v) is 6.63. The molecule has 100 valence electrons. The van der Waals surface area contributed by atoms with Crippen molar-refractivity contribution >= 4 is 51.6 Å². The summed E-state index contributed by atoms with van der Waals surface area (Å²) < 4.78 is 0. The summed E-state index contributed by atoms with van der Waals surface area (Å²) in [5.41, 5.74) is 8.09. The van der Waals surface area contributed by atoms with Crippen molar-refractivity contribution in [1.29, 1.82) is 0 Å². The number of hydrogen-bond acceptors (Lipinski definition) is 4. The van der Waals surface area contributed by atoms with Crippen molar-refractivity contribution in [2.45, 2.75) is 0 Å². The van der Waals surface area contributed by atoms with Crippen LogP contribution in [0.3, 0.4) is 0 Å². The highest BCUT2D eigenvalue weighted by Gasteiger charge is 2.08. The predicted molar refractivity (Wildman–Crippen MR) is 83.7 cm³/mol. The third kappa shape index (κ3) is 2.48. The number of rotatable bonds is 2. The third-order valence-corrected chi connectivity index (χ3v) is 3.33. The maximum atomic E-state index is 6.11. The Hall–Kier alpha value is -2.04. The van der Waals surface area contributed by atoms with Gasteiger partial charge in [-0.3, -0.25) is 0 Å². The number of nitrogen functional groups attached to an aromatic ring is 1. The van der Waals surface area contributed by atoms with Crippen molar-refractivity contribution in [3.63, 3.8) is 0 Å². The SMILES string of the molecule is Nc1nc2ccccc2nc1Nc1ccc(Cl)cc1Cl. The zero-order chi connectivity index (χ0) is 14.1. The zero-order valence-corrected chi connectivity index (χ0v) is 11.8. The van der Waals surface area contributed by atoms with Crippen molar-refractivity contribution in [2.75, 3.05) is 11.1 Å². The average Bonchev–Trinajstić information content (AvgIpc) is 2.42. The van der Waals surface area contributed by atoms with Gasteiger partial charge >= 0.3 is 0 Å². The van der Waals surface area contributed by atoms with Crippen molar-refractivity contribution < 1.29 is 0 Å². The van der Waals surface area contributed by atoms with Crippen LogP contribution >= 0.6 is 23.2 Å². The molecule has 1 aromatic heterocycles. The maximum Gasteiger partial charge on any atom is 0.174 e. The van der Waals surface area contributed by atoms with Crippen LogP contribution < -0.4 is 11.1 Å². The summed E-state index contributed by atoms with van der Waals surface area (Å²) in [6.45, 7) is 0. The van der Waals surface area contributed by atoms with E-state index in [0.29, 0.717) is 27.4 Å². The molecule has 3 aromatic rings. The van der Waals surface area contributed by atoms with Crippen molar-refractivity contribution in [3.8, 4) is 0 Å². The number of aromatic nitrogens is 2. The first kappa shape index (κ1) is 13.0. The summed E-state index contributed by atoms with van der Waals surface area (Å²) in [7, 11) is 0. The molecule has 0 radical (unpaired) electrons. The standard InChI is InChI=1S/C14H10Cl2N4/c15-8-5-6-10(9(16)7-8)19-14-13(17)18-11-3-1-2-4-12(11)20-14/h1-7H,(H2,17,18)(H,19,20). The molecule has 0 saturated carbocycles. The van der Waals surface area contributed by atoms with Gasteiger partial charge in [-0.05, 0) is 30.3 Å². The van der Waals surface area contributed by atoms with E-state index >= 15 is 0 Å². The van der Waals surface area contributed by atoms with Crippen molar-refractivity contribution in [2.24, 2.45) is 0 Å². The number of para-hydroxylation sites is 2. The van der Waals surface area contributed by atoms with Gasteiger partial charge in [0.05, 0.1) is 21.7 Å². The Bertz CT molecular complexity index is 789. The number of nitrogens with two attached hydrogens (primary N) is 1. The van der Waals surface area contributed by atoms with Crippen LogP contribution in [-0.4, -0.2) is 9.97 Å². The molecule has 0 spiro atoms. The van der Waals surface area contributed by atoms with E-state index in [0.717, 1.165) is 11.0 Å². The van der Waals surface area contributed by atoms with Gasteiger partial charge in [-0.25, -0.2) is 9.97 Å². The van der Waals surface area contributed by atoms with E-state index in [2.05, 4.69) is 15.3 Å². The lowest BCUT2D eigenvalue weighted by Crippen LogP contribution is -2.02. The summed E-state index contributed by atoms with van der Waals surface area (Å²) in [5.74, 6) is 0.780. The number of benzene rings is 2. The van der Waals surface area contributed by atoms with E-state index in [4.69, 9.17) is 28.9 Å². The molecule has 0 bridgehead atoms. The van der Waals surface area contributed by atoms with E-state index in [9.17, 15) is 0 Å². The normalized spacial score (nSPS) is 10.7. The molecule has 0 fully saturated rings. The molecule has 0 saturated heterocycles. The van der Waals surface area contributed by atoms with Gasteiger partial charge in [-0.1, -0.05) is 35.3 Å². The Balaban J connectivity index is 2.03. The molecule has 0 atom stereocenters. The monoisotopic (exact) mass is 304 g/mol. The van der Waals surface area contributed by atoms with E-state index < -0.39 is 0 Å². The maximum absolute atomic E-state index is 6.11. The smallest absolute Gasteiger partial charge is 0.174 e. The molecule has 0 aliphatic rings. The first-order chi connectivity index (χ1) is 9.63. The molecular formula is C14H10Cl2N4. The number of nitrogens with one attached hydrogen (secondary N) is 1. The summed E-state index contributed by atoms with van der Waals surface area (Å²) >= 11 is 12.0. The van der Waals surface area contributed by atoms with Crippen molar-refractivity contribution in [1.82, 2.24) is 9.97 Å². The van der Waals surface area contributed by atoms with Gasteiger partial charge in [-0.15, -0.1) is 0 Å². The van der Waals surface area contributed by atoms with E-state index in [1.54, 1.807) is 18.2 Å². The Kier molecular flexibility index (Phi) is 3.34. The minimum absolute atomic E-state index is 0.315.